The summed E-state index contributed by atoms with van der Waals surface area (Å²) in [6, 6.07) is 28.1. The Bertz CT molecular complexity index is 2480. The molecule has 4 aliphatic rings. The van der Waals surface area contributed by atoms with Gasteiger partial charge in [-0.3, -0.25) is 0 Å². The molecule has 0 unspecified atom stereocenters. The van der Waals surface area contributed by atoms with Crippen LogP contribution in [0, 0.1) is 67.2 Å². The second kappa shape index (κ2) is 14.9. The van der Waals surface area contributed by atoms with Crippen molar-refractivity contribution in [3.63, 3.8) is 0 Å². The van der Waals surface area contributed by atoms with Gasteiger partial charge < -0.3 is 30.6 Å². The lowest BCUT2D eigenvalue weighted by atomic mass is 9.41. The van der Waals surface area contributed by atoms with E-state index in [-0.39, 0.29) is 57.2 Å². The molecule has 0 saturated heterocycles. The monoisotopic (exact) mass is 828 g/mol. The summed E-state index contributed by atoms with van der Waals surface area (Å²) in [7, 11) is 0. The number of hydrogen-bond acceptors (Lipinski definition) is 6. The molecule has 0 heterocycles. The fourth-order valence-corrected chi connectivity index (χ4v) is 12.7. The van der Waals surface area contributed by atoms with Crippen molar-refractivity contribution in [2.24, 2.45) is 11.8 Å². The molecule has 0 aromatic heterocycles. The lowest BCUT2D eigenvalue weighted by Gasteiger charge is -2.63. The Morgan fingerprint density at radius 2 is 0.645 bits per heavy atom. The molecule has 6 aromatic carbocycles. The molecule has 62 heavy (non-hydrogen) atoms. The maximum Gasteiger partial charge on any atom is 0.119 e. The topological polar surface area (TPSA) is 121 Å². The Morgan fingerprint density at radius 3 is 0.935 bits per heavy atom. The Balaban J connectivity index is 1.19. The molecule has 0 radical (unpaired) electrons. The van der Waals surface area contributed by atoms with Crippen molar-refractivity contribution in [1.29, 1.82) is 0 Å². The van der Waals surface area contributed by atoms with Crippen LogP contribution in [0.15, 0.2) is 84.9 Å². The SMILES string of the molecule is Cc1cc(C(c2cc(C)c(O)cc2C)c2cc(C34CC5CC(C3)CC(c3ccc(O)c(C(c6cc(C)c(O)cc6C)c6cc(C)c(O)cc6C)c3)(C5)C4)ccc2O)c(C)cc1O. The number of aryl methyl sites for hydroxylation is 8. The van der Waals surface area contributed by atoms with E-state index < -0.39 is 0 Å². The van der Waals surface area contributed by atoms with Gasteiger partial charge in [-0.15, -0.1) is 0 Å². The number of hydrogen-bond donors (Lipinski definition) is 6. The smallest absolute Gasteiger partial charge is 0.119 e. The van der Waals surface area contributed by atoms with Crippen molar-refractivity contribution in [3.05, 3.63) is 174 Å². The van der Waals surface area contributed by atoms with E-state index in [0.717, 1.165) is 110 Å². The Kier molecular flexibility index (Phi) is 9.96. The fraction of sp³-hybridized carbons (Fsp3) is 0.357. The van der Waals surface area contributed by atoms with Crippen LogP contribution in [0.5, 0.6) is 34.5 Å². The summed E-state index contributed by atoms with van der Waals surface area (Å²) in [4.78, 5) is 0. The van der Waals surface area contributed by atoms with Gasteiger partial charge in [0, 0.05) is 23.0 Å². The minimum Gasteiger partial charge on any atom is -0.508 e. The normalized spacial score (nSPS) is 21.6. The maximum atomic E-state index is 11.9. The number of phenols is 6. The third-order valence-electron chi connectivity index (χ3n) is 15.5. The molecular formula is C56H60O6. The molecule has 10 rings (SSSR count). The summed E-state index contributed by atoms with van der Waals surface area (Å²) < 4.78 is 0. The summed E-state index contributed by atoms with van der Waals surface area (Å²) >= 11 is 0. The first-order valence-electron chi connectivity index (χ1n) is 22.2. The van der Waals surface area contributed by atoms with Gasteiger partial charge in [-0.05, 0) is 231 Å². The summed E-state index contributed by atoms with van der Waals surface area (Å²) in [6.45, 7) is 15.7. The largest absolute Gasteiger partial charge is 0.508 e. The van der Waals surface area contributed by atoms with Crippen LogP contribution in [0.3, 0.4) is 0 Å². The predicted molar refractivity (Wildman–Crippen MR) is 246 cm³/mol. The summed E-state index contributed by atoms with van der Waals surface area (Å²) in [5.41, 5.74) is 14.7. The van der Waals surface area contributed by atoms with Crippen molar-refractivity contribution in [2.75, 3.05) is 0 Å². The fourth-order valence-electron chi connectivity index (χ4n) is 12.7. The van der Waals surface area contributed by atoms with Crippen LogP contribution in [0.2, 0.25) is 0 Å². The lowest BCUT2D eigenvalue weighted by Crippen LogP contribution is -2.56. The highest BCUT2D eigenvalue weighted by molar-refractivity contribution is 5.60. The highest BCUT2D eigenvalue weighted by Gasteiger charge is 2.59. The van der Waals surface area contributed by atoms with E-state index in [1.165, 1.54) is 17.5 Å². The van der Waals surface area contributed by atoms with E-state index in [1.807, 2.05) is 116 Å². The van der Waals surface area contributed by atoms with E-state index in [2.05, 4.69) is 24.3 Å². The number of aromatic hydroxyl groups is 6. The number of benzene rings is 6. The molecule has 4 saturated carbocycles. The van der Waals surface area contributed by atoms with E-state index in [9.17, 15) is 30.6 Å². The van der Waals surface area contributed by atoms with Gasteiger partial charge in [-0.1, -0.05) is 48.5 Å². The van der Waals surface area contributed by atoms with Crippen molar-refractivity contribution < 1.29 is 30.6 Å². The van der Waals surface area contributed by atoms with Crippen molar-refractivity contribution in [3.8, 4) is 34.5 Å². The van der Waals surface area contributed by atoms with Crippen LogP contribution >= 0.6 is 0 Å². The minimum atomic E-state index is -0.341. The molecule has 6 aromatic rings. The molecule has 4 aliphatic carbocycles. The minimum absolute atomic E-state index is 0.121. The van der Waals surface area contributed by atoms with E-state index in [1.54, 1.807) is 0 Å². The van der Waals surface area contributed by atoms with Gasteiger partial charge in [-0.2, -0.15) is 0 Å². The summed E-state index contributed by atoms with van der Waals surface area (Å²) in [5, 5.41) is 66.7. The first-order chi connectivity index (χ1) is 29.4. The number of phenolic OH excluding ortho intramolecular Hbond substituents is 6. The van der Waals surface area contributed by atoms with Crippen molar-refractivity contribution >= 4 is 0 Å². The molecule has 4 fully saturated rings. The van der Waals surface area contributed by atoms with Crippen molar-refractivity contribution in [1.82, 2.24) is 0 Å². The van der Waals surface area contributed by atoms with Crippen LogP contribution in [-0.2, 0) is 10.8 Å². The molecule has 0 spiro atoms. The zero-order valence-corrected chi connectivity index (χ0v) is 37.3. The zero-order valence-electron chi connectivity index (χ0n) is 37.3. The van der Waals surface area contributed by atoms with Gasteiger partial charge in [0.1, 0.15) is 34.5 Å². The first-order valence-corrected chi connectivity index (χ1v) is 22.2. The average Bonchev–Trinajstić information content (AvgIpc) is 3.20. The van der Waals surface area contributed by atoms with Crippen LogP contribution in [0.4, 0.5) is 0 Å². The third kappa shape index (κ3) is 6.78. The zero-order chi connectivity index (χ0) is 44.2. The second-order valence-corrected chi connectivity index (χ2v) is 19.9. The quantitative estimate of drug-likeness (QED) is 0.0850. The second-order valence-electron chi connectivity index (χ2n) is 19.9. The van der Waals surface area contributed by atoms with Crippen LogP contribution in [0.1, 0.15) is 139 Å². The highest BCUT2D eigenvalue weighted by atomic mass is 16.3. The molecule has 320 valence electrons. The molecule has 6 nitrogen and oxygen atoms in total. The van der Waals surface area contributed by atoms with Gasteiger partial charge in [0.25, 0.3) is 0 Å². The Labute approximate surface area is 366 Å². The highest BCUT2D eigenvalue weighted by Crippen LogP contribution is 2.67. The molecule has 0 atom stereocenters. The molecule has 6 N–H and O–H groups in total. The van der Waals surface area contributed by atoms with Gasteiger partial charge in [0.2, 0.25) is 0 Å². The summed E-state index contributed by atoms with van der Waals surface area (Å²) in [6.07, 6.45) is 6.50. The van der Waals surface area contributed by atoms with E-state index in [4.69, 9.17) is 0 Å². The van der Waals surface area contributed by atoms with Crippen LogP contribution < -0.4 is 0 Å². The lowest BCUT2D eigenvalue weighted by molar-refractivity contribution is -0.0282. The summed E-state index contributed by atoms with van der Waals surface area (Å²) in [5.74, 6) is 1.80. The Morgan fingerprint density at radius 1 is 0.355 bits per heavy atom. The maximum absolute atomic E-state index is 11.9. The molecule has 4 bridgehead atoms. The van der Waals surface area contributed by atoms with Gasteiger partial charge in [-0.25, -0.2) is 0 Å². The molecule has 6 heteroatoms. The van der Waals surface area contributed by atoms with Crippen molar-refractivity contribution in [2.45, 2.75) is 117 Å². The van der Waals surface area contributed by atoms with E-state index >= 15 is 0 Å². The van der Waals surface area contributed by atoms with E-state index in [0.29, 0.717) is 11.8 Å². The van der Waals surface area contributed by atoms with Gasteiger partial charge >= 0.3 is 0 Å². The van der Waals surface area contributed by atoms with Crippen LogP contribution in [0.25, 0.3) is 0 Å². The van der Waals surface area contributed by atoms with Crippen LogP contribution in [-0.4, -0.2) is 30.6 Å². The first kappa shape index (κ1) is 41.5. The molecule has 0 amide bonds. The Hall–Kier alpha value is -5.88. The number of rotatable bonds is 8. The van der Waals surface area contributed by atoms with Gasteiger partial charge in [0.05, 0.1) is 0 Å². The predicted octanol–water partition coefficient (Wildman–Crippen LogP) is 12.5. The molecular weight excluding hydrogens is 769 g/mol. The molecule has 0 aliphatic heterocycles. The van der Waals surface area contributed by atoms with Gasteiger partial charge in [0.15, 0.2) is 0 Å². The third-order valence-corrected chi connectivity index (χ3v) is 15.5. The average molecular weight is 829 g/mol. The standard InChI is InChI=1S/C56H60O6/c1-29-17-49(59)33(5)13-41(29)53(42-14-34(6)50(60)18-30(42)2)45-22-39(9-11-47(45)57)55-24-37-21-38(25-55)27-56(26-37,28-55)40-10-12-48(58)46(23-40)54(43-15-35(7)51(61)19-31(43)3)44-16-36(8)52(62)20-32(44)4/h9-20,22-23,37-38,53-54,57-62H,21,24-28H2,1-8H3.